The van der Waals surface area contributed by atoms with Gasteiger partial charge in [0.2, 0.25) is 0 Å². The molecule has 1 atom stereocenters. The highest BCUT2D eigenvalue weighted by molar-refractivity contribution is 6.31. The Labute approximate surface area is 197 Å². The van der Waals surface area contributed by atoms with E-state index in [9.17, 15) is 14.0 Å². The molecule has 0 aliphatic heterocycles. The summed E-state index contributed by atoms with van der Waals surface area (Å²) in [5, 5.41) is 5.99. The second-order valence-corrected chi connectivity index (χ2v) is 8.05. The zero-order valence-electron chi connectivity index (χ0n) is 18.6. The van der Waals surface area contributed by atoms with Crippen molar-refractivity contribution in [1.29, 1.82) is 0 Å². The lowest BCUT2D eigenvalue weighted by atomic mass is 10.1. The molecular weight excluding hydrogens is 445 g/mol. The number of likely N-dealkylation sites (N-methyl/N-ethyl adjacent to an activating group) is 1. The van der Waals surface area contributed by atoms with E-state index in [0.29, 0.717) is 11.6 Å². The van der Waals surface area contributed by atoms with Crippen molar-refractivity contribution in [2.75, 3.05) is 33.1 Å². The number of hydrogen-bond acceptors (Lipinski definition) is 4. The molecule has 6 nitrogen and oxygen atoms in total. The number of rotatable bonds is 8. The van der Waals surface area contributed by atoms with E-state index >= 15 is 0 Å². The third-order valence-electron chi connectivity index (χ3n) is 5.16. The van der Waals surface area contributed by atoms with E-state index in [1.54, 1.807) is 19.2 Å². The first-order chi connectivity index (χ1) is 15.8. The summed E-state index contributed by atoms with van der Waals surface area (Å²) in [5.41, 5.74) is 1.80. The highest BCUT2D eigenvalue weighted by atomic mass is 35.5. The topological polar surface area (TPSA) is 70.7 Å². The average molecular weight is 470 g/mol. The first-order valence-electron chi connectivity index (χ1n) is 10.2. The van der Waals surface area contributed by atoms with Crippen LogP contribution in [0.15, 0.2) is 66.7 Å². The lowest BCUT2D eigenvalue weighted by molar-refractivity contribution is 0.0942. The monoisotopic (exact) mass is 469 g/mol. The Morgan fingerprint density at radius 3 is 2.27 bits per heavy atom. The van der Waals surface area contributed by atoms with Crippen LogP contribution in [-0.2, 0) is 0 Å². The molecule has 33 heavy (non-hydrogen) atoms. The van der Waals surface area contributed by atoms with E-state index in [1.165, 1.54) is 30.3 Å². The minimum absolute atomic E-state index is 0.0792. The summed E-state index contributed by atoms with van der Waals surface area (Å²) in [4.78, 5) is 27.6. The number of carbonyl (C=O) groups is 2. The van der Waals surface area contributed by atoms with Crippen molar-refractivity contribution >= 4 is 29.1 Å². The van der Waals surface area contributed by atoms with Gasteiger partial charge in [-0.1, -0.05) is 23.7 Å². The van der Waals surface area contributed by atoms with Crippen molar-refractivity contribution in [3.8, 4) is 5.75 Å². The summed E-state index contributed by atoms with van der Waals surface area (Å²) in [5.74, 6) is -0.526. The van der Waals surface area contributed by atoms with Gasteiger partial charge in [-0.15, -0.1) is 0 Å². The van der Waals surface area contributed by atoms with Crippen molar-refractivity contribution in [3.05, 3.63) is 94.3 Å². The number of carbonyl (C=O) groups excluding carboxylic acids is 2. The normalized spacial score (nSPS) is 11.7. The molecule has 0 heterocycles. The number of anilines is 1. The molecule has 2 N–H and O–H groups in total. The summed E-state index contributed by atoms with van der Waals surface area (Å²) in [6.07, 6.45) is 0. The van der Waals surface area contributed by atoms with Crippen LogP contribution in [0.4, 0.5) is 10.1 Å². The highest BCUT2D eigenvalue weighted by Crippen LogP contribution is 2.24. The third-order valence-corrected chi connectivity index (χ3v) is 5.40. The van der Waals surface area contributed by atoms with Crippen LogP contribution in [-0.4, -0.2) is 44.5 Å². The van der Waals surface area contributed by atoms with E-state index in [-0.39, 0.29) is 28.8 Å². The van der Waals surface area contributed by atoms with Gasteiger partial charge in [0, 0.05) is 17.1 Å². The average Bonchev–Trinajstić information content (AvgIpc) is 2.79. The van der Waals surface area contributed by atoms with Crippen LogP contribution in [0.3, 0.4) is 0 Å². The summed E-state index contributed by atoms with van der Waals surface area (Å²) >= 11 is 6.10. The largest absolute Gasteiger partial charge is 0.497 e. The van der Waals surface area contributed by atoms with Crippen molar-refractivity contribution in [2.45, 2.75) is 6.04 Å². The van der Waals surface area contributed by atoms with Crippen LogP contribution in [0.25, 0.3) is 0 Å². The van der Waals surface area contributed by atoms with Crippen LogP contribution >= 0.6 is 11.6 Å². The van der Waals surface area contributed by atoms with Gasteiger partial charge >= 0.3 is 0 Å². The minimum atomic E-state index is -0.476. The van der Waals surface area contributed by atoms with Gasteiger partial charge in [0.15, 0.2) is 0 Å². The minimum Gasteiger partial charge on any atom is -0.497 e. The molecule has 0 aromatic heterocycles. The van der Waals surface area contributed by atoms with Crippen LogP contribution in [0.5, 0.6) is 5.75 Å². The van der Waals surface area contributed by atoms with Crippen LogP contribution in [0.2, 0.25) is 5.02 Å². The first-order valence-corrected chi connectivity index (χ1v) is 10.6. The Hall–Kier alpha value is -3.42. The van der Waals surface area contributed by atoms with Gasteiger partial charge in [-0.05, 0) is 74.3 Å². The molecule has 3 rings (SSSR count). The Kier molecular flexibility index (Phi) is 8.03. The third kappa shape index (κ3) is 6.31. The summed E-state index contributed by atoms with van der Waals surface area (Å²) in [6.45, 7) is 0.339. The Bertz CT molecular complexity index is 1120. The van der Waals surface area contributed by atoms with E-state index in [4.69, 9.17) is 16.3 Å². The molecule has 0 bridgehead atoms. The van der Waals surface area contributed by atoms with Crippen molar-refractivity contribution in [2.24, 2.45) is 0 Å². The number of nitrogens with one attached hydrogen (secondary N) is 2. The maximum Gasteiger partial charge on any atom is 0.255 e. The van der Waals surface area contributed by atoms with E-state index < -0.39 is 11.7 Å². The van der Waals surface area contributed by atoms with Gasteiger partial charge in [-0.25, -0.2) is 4.39 Å². The van der Waals surface area contributed by atoms with Gasteiger partial charge in [0.05, 0.1) is 24.4 Å². The zero-order valence-corrected chi connectivity index (χ0v) is 19.3. The van der Waals surface area contributed by atoms with Gasteiger partial charge < -0.3 is 20.3 Å². The molecule has 3 aromatic rings. The summed E-state index contributed by atoms with van der Waals surface area (Å²) in [7, 11) is 5.46. The fourth-order valence-electron chi connectivity index (χ4n) is 3.32. The standard InChI is InChI=1S/C25H25ClFN3O3/c1-30(2)23(16-6-11-20(33-3)12-7-16)15-28-25(32)21-13-8-18(26)14-22(21)29-24(31)17-4-9-19(27)10-5-17/h4-14,23H,15H2,1-3H3,(H,28,32)(H,29,31)/t23-/m1/s1. The molecule has 8 heteroatoms. The predicted molar refractivity (Wildman–Crippen MR) is 128 cm³/mol. The number of ether oxygens (including phenoxy) is 1. The predicted octanol–water partition coefficient (Wildman–Crippen LogP) is 4.77. The smallest absolute Gasteiger partial charge is 0.255 e. The molecule has 0 saturated carbocycles. The number of hydrogen-bond donors (Lipinski definition) is 2. The summed E-state index contributed by atoms with van der Waals surface area (Å²) in [6, 6.07) is 17.3. The molecule has 0 saturated heterocycles. The number of methoxy groups -OCH3 is 1. The molecule has 0 fully saturated rings. The Balaban J connectivity index is 1.75. The van der Waals surface area contributed by atoms with E-state index in [2.05, 4.69) is 10.6 Å². The van der Waals surface area contributed by atoms with Crippen LogP contribution < -0.4 is 15.4 Å². The van der Waals surface area contributed by atoms with E-state index in [0.717, 1.165) is 11.3 Å². The SMILES string of the molecule is COc1ccc([C@@H](CNC(=O)c2ccc(Cl)cc2NC(=O)c2ccc(F)cc2)N(C)C)cc1. The molecule has 0 unspecified atom stereocenters. The quantitative estimate of drug-likeness (QED) is 0.498. The molecule has 2 amide bonds. The van der Waals surface area contributed by atoms with Gasteiger partial charge in [0.1, 0.15) is 11.6 Å². The summed E-state index contributed by atoms with van der Waals surface area (Å²) < 4.78 is 18.4. The lowest BCUT2D eigenvalue weighted by Crippen LogP contribution is -2.35. The molecular formula is C25H25ClFN3O3. The Morgan fingerprint density at radius 1 is 1.00 bits per heavy atom. The molecule has 172 valence electrons. The van der Waals surface area contributed by atoms with Crippen molar-refractivity contribution in [1.82, 2.24) is 10.2 Å². The van der Waals surface area contributed by atoms with E-state index in [1.807, 2.05) is 43.3 Å². The highest BCUT2D eigenvalue weighted by Gasteiger charge is 2.19. The molecule has 0 aliphatic carbocycles. The lowest BCUT2D eigenvalue weighted by Gasteiger charge is -2.25. The Morgan fingerprint density at radius 2 is 1.67 bits per heavy atom. The van der Waals surface area contributed by atoms with Crippen molar-refractivity contribution < 1.29 is 18.7 Å². The number of nitrogens with zero attached hydrogens (tertiary/aromatic N) is 1. The number of halogens is 2. The second-order valence-electron chi connectivity index (χ2n) is 7.61. The zero-order chi connectivity index (χ0) is 24.0. The number of amides is 2. The number of benzene rings is 3. The fraction of sp³-hybridized carbons (Fsp3) is 0.200. The molecule has 0 radical (unpaired) electrons. The first kappa shape index (κ1) is 24.2. The van der Waals surface area contributed by atoms with Gasteiger partial charge in [-0.3, -0.25) is 9.59 Å². The van der Waals surface area contributed by atoms with Crippen LogP contribution in [0.1, 0.15) is 32.3 Å². The second kappa shape index (κ2) is 10.9. The van der Waals surface area contributed by atoms with Gasteiger partial charge in [0.25, 0.3) is 11.8 Å². The molecule has 3 aromatic carbocycles. The maximum absolute atomic E-state index is 13.2. The fourth-order valence-corrected chi connectivity index (χ4v) is 3.49. The molecule has 0 aliphatic rings. The maximum atomic E-state index is 13.2. The van der Waals surface area contributed by atoms with Gasteiger partial charge in [-0.2, -0.15) is 0 Å². The molecule has 0 spiro atoms. The van der Waals surface area contributed by atoms with Crippen LogP contribution in [0, 0.1) is 5.82 Å². The van der Waals surface area contributed by atoms with Crippen molar-refractivity contribution in [3.63, 3.8) is 0 Å².